The average Bonchev–Trinajstić information content (AvgIpc) is 3.37. The molecule has 1 fully saturated rings. The Morgan fingerprint density at radius 1 is 1.09 bits per heavy atom. The molecule has 7 nitrogen and oxygen atoms in total. The number of hydrogen-bond acceptors (Lipinski definition) is 5. The highest BCUT2D eigenvalue weighted by atomic mass is 32.2. The van der Waals surface area contributed by atoms with Crippen molar-refractivity contribution in [2.45, 2.75) is 25.9 Å². The first-order valence-electron chi connectivity index (χ1n) is 11.4. The second-order valence-corrected chi connectivity index (χ2v) is 9.90. The molecule has 0 bridgehead atoms. The zero-order chi connectivity index (χ0) is 24.7. The Kier molecular flexibility index (Phi) is 7.84. The van der Waals surface area contributed by atoms with Gasteiger partial charge in [0.25, 0.3) is 15.9 Å². The molecule has 0 spiro atoms. The Labute approximate surface area is 205 Å². The maximum atomic E-state index is 12.8. The van der Waals surface area contributed by atoms with Crippen molar-refractivity contribution in [1.29, 1.82) is 0 Å². The number of rotatable bonds is 9. The molecule has 8 heteroatoms. The summed E-state index contributed by atoms with van der Waals surface area (Å²) in [6.07, 6.45) is 3.58. The van der Waals surface area contributed by atoms with Crippen molar-refractivity contribution in [2.24, 2.45) is 0 Å². The Morgan fingerprint density at radius 2 is 1.86 bits per heavy atom. The number of anilines is 2. The summed E-state index contributed by atoms with van der Waals surface area (Å²) in [5.41, 5.74) is 3.10. The van der Waals surface area contributed by atoms with E-state index in [-0.39, 0.29) is 12.0 Å². The maximum Gasteiger partial charge on any atom is 0.255 e. The first-order valence-corrected chi connectivity index (χ1v) is 12.9. The molecule has 0 aromatic heterocycles. The van der Waals surface area contributed by atoms with E-state index in [0.717, 1.165) is 36.0 Å². The lowest BCUT2D eigenvalue weighted by Gasteiger charge is -2.16. The molecule has 1 aliphatic heterocycles. The van der Waals surface area contributed by atoms with E-state index < -0.39 is 10.0 Å². The predicted octanol–water partition coefficient (Wildman–Crippen LogP) is 5.22. The fraction of sp³-hybridized carbons (Fsp3) is 0.222. The van der Waals surface area contributed by atoms with Gasteiger partial charge in [-0.3, -0.25) is 9.52 Å². The second kappa shape index (κ2) is 11.2. The molecule has 0 saturated carbocycles. The molecule has 182 valence electrons. The fourth-order valence-corrected chi connectivity index (χ4v) is 4.49. The SMILES string of the molecule is Cc1ccc(NC(=O)c2ccc(NS(=O)(=O)/C=C/c3ccccc3)cc2)c(OCC2CCCO2)c1. The summed E-state index contributed by atoms with van der Waals surface area (Å²) >= 11 is 0. The van der Waals surface area contributed by atoms with Crippen LogP contribution in [0.3, 0.4) is 0 Å². The third kappa shape index (κ3) is 7.18. The third-order valence-electron chi connectivity index (χ3n) is 5.48. The second-order valence-electron chi connectivity index (χ2n) is 8.34. The predicted molar refractivity (Wildman–Crippen MR) is 138 cm³/mol. The van der Waals surface area contributed by atoms with Crippen molar-refractivity contribution in [2.75, 3.05) is 23.3 Å². The van der Waals surface area contributed by atoms with Crippen LogP contribution < -0.4 is 14.8 Å². The number of nitrogens with one attached hydrogen (secondary N) is 2. The monoisotopic (exact) mass is 492 g/mol. The smallest absolute Gasteiger partial charge is 0.255 e. The number of carbonyl (C=O) groups is 1. The minimum absolute atomic E-state index is 0.0675. The maximum absolute atomic E-state index is 12.8. The van der Waals surface area contributed by atoms with Gasteiger partial charge in [-0.1, -0.05) is 36.4 Å². The molecule has 1 atom stereocenters. The first-order chi connectivity index (χ1) is 16.9. The van der Waals surface area contributed by atoms with Crippen molar-refractivity contribution in [3.05, 3.63) is 94.9 Å². The van der Waals surface area contributed by atoms with Crippen LogP contribution in [0.2, 0.25) is 0 Å². The van der Waals surface area contributed by atoms with Crippen molar-refractivity contribution in [3.63, 3.8) is 0 Å². The van der Waals surface area contributed by atoms with Gasteiger partial charge in [0, 0.05) is 17.9 Å². The van der Waals surface area contributed by atoms with Crippen LogP contribution >= 0.6 is 0 Å². The van der Waals surface area contributed by atoms with E-state index in [4.69, 9.17) is 9.47 Å². The molecule has 1 unspecified atom stereocenters. The van der Waals surface area contributed by atoms with E-state index in [2.05, 4.69) is 10.0 Å². The van der Waals surface area contributed by atoms with Crippen LogP contribution in [0.1, 0.15) is 34.3 Å². The summed E-state index contributed by atoms with van der Waals surface area (Å²) in [6.45, 7) is 3.14. The van der Waals surface area contributed by atoms with E-state index in [1.54, 1.807) is 30.3 Å². The van der Waals surface area contributed by atoms with Gasteiger partial charge in [0.15, 0.2) is 0 Å². The number of benzene rings is 3. The first kappa shape index (κ1) is 24.5. The van der Waals surface area contributed by atoms with Crippen LogP contribution in [-0.2, 0) is 14.8 Å². The largest absolute Gasteiger partial charge is 0.489 e. The van der Waals surface area contributed by atoms with Gasteiger partial charge in [0.2, 0.25) is 0 Å². The Hall–Kier alpha value is -3.62. The highest BCUT2D eigenvalue weighted by molar-refractivity contribution is 7.95. The zero-order valence-electron chi connectivity index (χ0n) is 19.4. The topological polar surface area (TPSA) is 93.7 Å². The summed E-state index contributed by atoms with van der Waals surface area (Å²) in [5.74, 6) is 0.262. The van der Waals surface area contributed by atoms with E-state index >= 15 is 0 Å². The zero-order valence-corrected chi connectivity index (χ0v) is 20.3. The average molecular weight is 493 g/mol. The van der Waals surface area contributed by atoms with Crippen LogP contribution in [-0.4, -0.2) is 33.6 Å². The number of aryl methyl sites for hydroxylation is 1. The van der Waals surface area contributed by atoms with Crippen LogP contribution in [0.25, 0.3) is 6.08 Å². The van der Waals surface area contributed by atoms with E-state index in [0.29, 0.717) is 29.3 Å². The Morgan fingerprint density at radius 3 is 2.57 bits per heavy atom. The van der Waals surface area contributed by atoms with Crippen molar-refractivity contribution in [3.8, 4) is 5.75 Å². The number of carbonyl (C=O) groups excluding carboxylic acids is 1. The molecule has 35 heavy (non-hydrogen) atoms. The van der Waals surface area contributed by atoms with Crippen LogP contribution in [0.15, 0.2) is 78.2 Å². The summed E-state index contributed by atoms with van der Waals surface area (Å²) < 4.78 is 38.8. The Bertz CT molecular complexity index is 1280. The normalized spacial score (nSPS) is 15.7. The van der Waals surface area contributed by atoms with Crippen molar-refractivity contribution >= 4 is 33.4 Å². The molecule has 3 aromatic rings. The van der Waals surface area contributed by atoms with Crippen molar-refractivity contribution < 1.29 is 22.7 Å². The third-order valence-corrected chi connectivity index (χ3v) is 6.50. The molecular weight excluding hydrogens is 464 g/mol. The fourth-order valence-electron chi connectivity index (χ4n) is 3.63. The summed E-state index contributed by atoms with van der Waals surface area (Å²) in [5, 5.41) is 3.99. The van der Waals surface area contributed by atoms with E-state index in [9.17, 15) is 13.2 Å². The van der Waals surface area contributed by atoms with Crippen LogP contribution in [0.4, 0.5) is 11.4 Å². The van der Waals surface area contributed by atoms with Gasteiger partial charge in [0.1, 0.15) is 12.4 Å². The Balaban J connectivity index is 1.39. The molecule has 1 aliphatic rings. The quantitative estimate of drug-likeness (QED) is 0.427. The lowest BCUT2D eigenvalue weighted by molar-refractivity contribution is 0.0681. The lowest BCUT2D eigenvalue weighted by Crippen LogP contribution is -2.18. The molecule has 0 radical (unpaired) electrons. The highest BCUT2D eigenvalue weighted by Gasteiger charge is 2.18. The lowest BCUT2D eigenvalue weighted by atomic mass is 10.1. The summed E-state index contributed by atoms with van der Waals surface area (Å²) in [4.78, 5) is 12.8. The molecule has 0 aliphatic carbocycles. The van der Waals surface area contributed by atoms with Gasteiger partial charge in [-0.15, -0.1) is 0 Å². The number of amides is 1. The number of ether oxygens (including phenoxy) is 2. The molecule has 1 saturated heterocycles. The molecule has 2 N–H and O–H groups in total. The molecule has 4 rings (SSSR count). The van der Waals surface area contributed by atoms with Gasteiger partial charge in [-0.25, -0.2) is 8.42 Å². The van der Waals surface area contributed by atoms with Gasteiger partial charge >= 0.3 is 0 Å². The standard InChI is InChI=1S/C27H28N2O5S/c1-20-9-14-25(26(18-20)34-19-24-8-5-16-33-24)28-27(30)22-10-12-23(13-11-22)29-35(31,32)17-15-21-6-3-2-4-7-21/h2-4,6-7,9-15,17-18,24,29H,5,8,16,19H2,1H3,(H,28,30)/b17-15+. The number of sulfonamides is 1. The molecule has 1 amide bonds. The highest BCUT2D eigenvalue weighted by Crippen LogP contribution is 2.27. The van der Waals surface area contributed by atoms with Crippen LogP contribution in [0.5, 0.6) is 5.75 Å². The van der Waals surface area contributed by atoms with Gasteiger partial charge in [-0.05, 0) is 73.4 Å². The summed E-state index contributed by atoms with van der Waals surface area (Å²) in [7, 11) is -3.70. The molecule has 3 aromatic carbocycles. The molecular formula is C27H28N2O5S. The summed E-state index contributed by atoms with van der Waals surface area (Å²) in [6, 6.07) is 21.0. The van der Waals surface area contributed by atoms with Gasteiger partial charge in [0.05, 0.1) is 17.2 Å². The van der Waals surface area contributed by atoms with Crippen molar-refractivity contribution in [1.82, 2.24) is 0 Å². The van der Waals surface area contributed by atoms with Gasteiger partial charge < -0.3 is 14.8 Å². The van der Waals surface area contributed by atoms with Crippen LogP contribution in [0, 0.1) is 6.92 Å². The number of hydrogen-bond donors (Lipinski definition) is 2. The van der Waals surface area contributed by atoms with E-state index in [1.165, 1.54) is 6.08 Å². The van der Waals surface area contributed by atoms with Gasteiger partial charge in [-0.2, -0.15) is 0 Å². The molecule has 1 heterocycles. The minimum atomic E-state index is -3.70. The minimum Gasteiger partial charge on any atom is -0.489 e. The van der Waals surface area contributed by atoms with E-state index in [1.807, 2.05) is 49.4 Å².